The average molecular weight is 374 g/mol. The maximum Gasteiger partial charge on any atom is 0.270 e. The molecule has 0 aliphatic heterocycles. The number of nitrogens with zero attached hydrogens (tertiary/aromatic N) is 2. The van der Waals surface area contributed by atoms with Gasteiger partial charge in [0, 0.05) is 28.8 Å². The molecule has 6 nitrogen and oxygen atoms in total. The molecule has 8 heteroatoms. The minimum Gasteiger partial charge on any atom is -0.322 e. The third-order valence-electron chi connectivity index (χ3n) is 3.47. The van der Waals surface area contributed by atoms with E-state index in [2.05, 4.69) is 10.3 Å². The molecule has 1 aromatic heterocycles. The van der Waals surface area contributed by atoms with E-state index in [0.29, 0.717) is 5.69 Å². The number of nitro groups is 1. The second-order valence-corrected chi connectivity index (χ2v) is 6.67. The SMILES string of the molecule is Cc1nc(-c2ccc(NC(=O)c3ccc([N+](=O)[O-])cc3Cl)cc2)cs1. The molecule has 3 aromatic rings. The number of rotatable bonds is 4. The summed E-state index contributed by atoms with van der Waals surface area (Å²) in [6.07, 6.45) is 0. The van der Waals surface area contributed by atoms with Gasteiger partial charge in [-0.3, -0.25) is 14.9 Å². The molecule has 126 valence electrons. The molecular weight excluding hydrogens is 362 g/mol. The lowest BCUT2D eigenvalue weighted by atomic mass is 10.1. The number of benzene rings is 2. The molecule has 1 N–H and O–H groups in total. The molecule has 0 saturated heterocycles. The van der Waals surface area contributed by atoms with Crippen molar-refractivity contribution < 1.29 is 9.72 Å². The first-order chi connectivity index (χ1) is 11.9. The van der Waals surface area contributed by atoms with Crippen molar-refractivity contribution in [3.8, 4) is 11.3 Å². The minimum atomic E-state index is -0.563. The maximum absolute atomic E-state index is 12.3. The summed E-state index contributed by atoms with van der Waals surface area (Å²) in [6.45, 7) is 1.94. The number of carbonyl (C=O) groups is 1. The summed E-state index contributed by atoms with van der Waals surface area (Å²) in [5.74, 6) is -0.433. The number of nitrogens with one attached hydrogen (secondary N) is 1. The standard InChI is InChI=1S/C17H12ClN3O3S/c1-10-19-16(9-25-10)11-2-4-12(5-3-11)20-17(22)14-7-6-13(21(23)24)8-15(14)18/h2-9H,1H3,(H,20,22). The molecule has 0 fully saturated rings. The molecule has 1 amide bonds. The van der Waals surface area contributed by atoms with E-state index in [9.17, 15) is 14.9 Å². The van der Waals surface area contributed by atoms with Gasteiger partial charge in [0.2, 0.25) is 0 Å². The zero-order valence-corrected chi connectivity index (χ0v) is 14.6. The number of amides is 1. The highest BCUT2D eigenvalue weighted by molar-refractivity contribution is 7.09. The number of hydrogen-bond donors (Lipinski definition) is 1. The van der Waals surface area contributed by atoms with Gasteiger partial charge >= 0.3 is 0 Å². The van der Waals surface area contributed by atoms with Crippen molar-refractivity contribution in [3.63, 3.8) is 0 Å². The first-order valence-corrected chi connectivity index (χ1v) is 8.47. The third-order valence-corrected chi connectivity index (χ3v) is 4.55. The first kappa shape index (κ1) is 17.1. The fraction of sp³-hybridized carbons (Fsp3) is 0.0588. The molecule has 0 bridgehead atoms. The van der Waals surface area contributed by atoms with Crippen LogP contribution in [-0.2, 0) is 0 Å². The lowest BCUT2D eigenvalue weighted by Crippen LogP contribution is -2.12. The van der Waals surface area contributed by atoms with Crippen LogP contribution in [-0.4, -0.2) is 15.8 Å². The second kappa shape index (κ2) is 7.00. The van der Waals surface area contributed by atoms with Crippen LogP contribution < -0.4 is 5.32 Å². The van der Waals surface area contributed by atoms with E-state index in [-0.39, 0.29) is 16.3 Å². The number of aryl methyl sites for hydroxylation is 1. The summed E-state index contributed by atoms with van der Waals surface area (Å²) in [4.78, 5) is 26.9. The van der Waals surface area contributed by atoms with E-state index in [0.717, 1.165) is 22.3 Å². The number of anilines is 1. The van der Waals surface area contributed by atoms with Gasteiger partial charge in [0.15, 0.2) is 0 Å². The summed E-state index contributed by atoms with van der Waals surface area (Å²) in [5.41, 5.74) is 2.44. The van der Waals surface area contributed by atoms with Crippen molar-refractivity contribution in [2.24, 2.45) is 0 Å². The number of thiazole rings is 1. The topological polar surface area (TPSA) is 85.1 Å². The molecule has 0 spiro atoms. The lowest BCUT2D eigenvalue weighted by molar-refractivity contribution is -0.384. The van der Waals surface area contributed by atoms with Crippen LogP contribution in [0.5, 0.6) is 0 Å². The Morgan fingerprint density at radius 1 is 1.24 bits per heavy atom. The van der Waals surface area contributed by atoms with Gasteiger partial charge in [-0.15, -0.1) is 11.3 Å². The van der Waals surface area contributed by atoms with Crippen molar-refractivity contribution in [3.05, 3.63) is 73.6 Å². The number of non-ortho nitro benzene ring substituents is 1. The van der Waals surface area contributed by atoms with Crippen LogP contribution in [0, 0.1) is 17.0 Å². The molecule has 2 aromatic carbocycles. The Bertz CT molecular complexity index is 954. The van der Waals surface area contributed by atoms with Crippen LogP contribution in [0.25, 0.3) is 11.3 Å². The number of hydrogen-bond acceptors (Lipinski definition) is 5. The lowest BCUT2D eigenvalue weighted by Gasteiger charge is -2.07. The normalized spacial score (nSPS) is 10.5. The van der Waals surface area contributed by atoms with E-state index in [4.69, 9.17) is 11.6 Å². The highest BCUT2D eigenvalue weighted by Gasteiger charge is 2.15. The van der Waals surface area contributed by atoms with Crippen LogP contribution in [0.1, 0.15) is 15.4 Å². The van der Waals surface area contributed by atoms with Gasteiger partial charge in [-0.05, 0) is 25.1 Å². The minimum absolute atomic E-state index is 0.0290. The maximum atomic E-state index is 12.3. The van der Waals surface area contributed by atoms with Crippen molar-refractivity contribution in [1.29, 1.82) is 0 Å². The van der Waals surface area contributed by atoms with Crippen LogP contribution >= 0.6 is 22.9 Å². The fourth-order valence-electron chi connectivity index (χ4n) is 2.22. The van der Waals surface area contributed by atoms with E-state index < -0.39 is 10.8 Å². The molecule has 0 aliphatic rings. The Balaban J connectivity index is 1.76. The van der Waals surface area contributed by atoms with Gasteiger partial charge in [-0.2, -0.15) is 0 Å². The van der Waals surface area contributed by atoms with Crippen molar-refractivity contribution >= 4 is 40.2 Å². The molecule has 0 unspecified atom stereocenters. The van der Waals surface area contributed by atoms with Crippen molar-refractivity contribution in [2.75, 3.05) is 5.32 Å². The summed E-state index contributed by atoms with van der Waals surface area (Å²) < 4.78 is 0. The number of halogens is 1. The summed E-state index contributed by atoms with van der Waals surface area (Å²) in [6, 6.07) is 11.0. The van der Waals surface area contributed by atoms with Crippen LogP contribution in [0.15, 0.2) is 47.8 Å². The fourth-order valence-corrected chi connectivity index (χ4v) is 3.10. The van der Waals surface area contributed by atoms with E-state index in [1.807, 2.05) is 24.4 Å². The van der Waals surface area contributed by atoms with Gasteiger partial charge in [-0.1, -0.05) is 23.7 Å². The largest absolute Gasteiger partial charge is 0.322 e. The molecule has 1 heterocycles. The Labute approximate surface area is 152 Å². The molecule has 0 atom stereocenters. The summed E-state index contributed by atoms with van der Waals surface area (Å²) in [7, 11) is 0. The van der Waals surface area contributed by atoms with Gasteiger partial charge in [0.25, 0.3) is 11.6 Å². The second-order valence-electron chi connectivity index (χ2n) is 5.20. The Kier molecular flexibility index (Phi) is 4.78. The Morgan fingerprint density at radius 2 is 1.96 bits per heavy atom. The van der Waals surface area contributed by atoms with Crippen molar-refractivity contribution in [2.45, 2.75) is 6.92 Å². The van der Waals surface area contributed by atoms with Gasteiger partial charge in [0.1, 0.15) is 0 Å². The highest BCUT2D eigenvalue weighted by Crippen LogP contribution is 2.25. The molecular formula is C17H12ClN3O3S. The molecule has 25 heavy (non-hydrogen) atoms. The molecule has 0 aliphatic carbocycles. The number of aromatic nitrogens is 1. The molecule has 0 radical (unpaired) electrons. The number of nitro benzene ring substituents is 1. The third kappa shape index (κ3) is 3.84. The summed E-state index contributed by atoms with van der Waals surface area (Å²) in [5, 5.41) is 16.4. The summed E-state index contributed by atoms with van der Waals surface area (Å²) >= 11 is 7.54. The predicted molar refractivity (Wildman–Crippen MR) is 98.3 cm³/mol. The quantitative estimate of drug-likeness (QED) is 0.518. The molecule has 0 saturated carbocycles. The smallest absolute Gasteiger partial charge is 0.270 e. The molecule has 3 rings (SSSR count). The first-order valence-electron chi connectivity index (χ1n) is 7.22. The van der Waals surface area contributed by atoms with Crippen LogP contribution in [0.2, 0.25) is 5.02 Å². The Hall–Kier alpha value is -2.77. The van der Waals surface area contributed by atoms with Crippen molar-refractivity contribution in [1.82, 2.24) is 4.98 Å². The van der Waals surface area contributed by atoms with E-state index >= 15 is 0 Å². The van der Waals surface area contributed by atoms with Gasteiger partial charge in [0.05, 0.1) is 26.2 Å². The zero-order chi connectivity index (χ0) is 18.0. The highest BCUT2D eigenvalue weighted by atomic mass is 35.5. The average Bonchev–Trinajstić information content (AvgIpc) is 3.01. The monoisotopic (exact) mass is 373 g/mol. The zero-order valence-electron chi connectivity index (χ0n) is 13.0. The number of carbonyl (C=O) groups excluding carboxylic acids is 1. The Morgan fingerprint density at radius 3 is 2.52 bits per heavy atom. The van der Waals surface area contributed by atoms with E-state index in [1.54, 1.807) is 23.5 Å². The predicted octanol–water partition coefficient (Wildman–Crippen LogP) is 4.93. The van der Waals surface area contributed by atoms with Gasteiger partial charge in [-0.25, -0.2) is 4.98 Å². The van der Waals surface area contributed by atoms with Crippen LogP contribution in [0.4, 0.5) is 11.4 Å². The van der Waals surface area contributed by atoms with Gasteiger partial charge < -0.3 is 5.32 Å². The van der Waals surface area contributed by atoms with Crippen LogP contribution in [0.3, 0.4) is 0 Å². The van der Waals surface area contributed by atoms with E-state index in [1.165, 1.54) is 12.1 Å².